The van der Waals surface area contributed by atoms with Gasteiger partial charge in [-0.25, -0.2) is 4.98 Å². The number of ether oxygens (including phenoxy) is 1. The molecule has 0 unspecified atom stereocenters. The second kappa shape index (κ2) is 8.31. The lowest BCUT2D eigenvalue weighted by atomic mass is 10.2. The number of halogens is 1. The van der Waals surface area contributed by atoms with E-state index < -0.39 is 0 Å². The number of nitrogens with one attached hydrogen (secondary N) is 2. The lowest BCUT2D eigenvalue weighted by Crippen LogP contribution is -2.26. The fourth-order valence-electron chi connectivity index (χ4n) is 2.64. The van der Waals surface area contributed by atoms with Crippen molar-refractivity contribution in [1.29, 1.82) is 0 Å². The molecule has 0 radical (unpaired) electrons. The molecule has 3 aromatic rings. The highest BCUT2D eigenvalue weighted by Crippen LogP contribution is 2.22. The van der Waals surface area contributed by atoms with E-state index in [-0.39, 0.29) is 5.91 Å². The smallest absolute Gasteiger partial charge is 0.270 e. The fraction of sp³-hybridized carbons (Fsp3) is 0.182. The predicted octanol–water partition coefficient (Wildman–Crippen LogP) is 4.95. The molecule has 0 aliphatic heterocycles. The number of nitrogens with zero attached hydrogens (tertiary/aromatic N) is 1. The SMILES string of the molecule is O=C(NC1CC1)c1ccc(Nc2ccc(OCc3ccc(Cl)cc3)cc2)cn1. The largest absolute Gasteiger partial charge is 0.489 e. The first kappa shape index (κ1) is 18.3. The van der Waals surface area contributed by atoms with E-state index in [0.717, 1.165) is 35.5 Å². The molecule has 6 heteroatoms. The number of pyridine rings is 1. The van der Waals surface area contributed by atoms with Crippen molar-refractivity contribution in [3.8, 4) is 5.75 Å². The third-order valence-corrected chi connectivity index (χ3v) is 4.62. The topological polar surface area (TPSA) is 63.2 Å². The standard InChI is InChI=1S/C22H20ClN3O2/c23-16-3-1-15(2-4-16)14-28-20-10-7-17(8-11-20)25-19-9-12-21(24-13-19)22(27)26-18-5-6-18/h1-4,7-13,18,25H,5-6,14H2,(H,26,27). The van der Waals surface area contributed by atoms with Gasteiger partial charge in [0.15, 0.2) is 0 Å². The zero-order valence-electron chi connectivity index (χ0n) is 15.2. The van der Waals surface area contributed by atoms with Crippen molar-refractivity contribution >= 4 is 28.9 Å². The van der Waals surface area contributed by atoms with Crippen LogP contribution in [0.25, 0.3) is 0 Å². The van der Waals surface area contributed by atoms with Crippen molar-refractivity contribution in [3.05, 3.63) is 83.1 Å². The number of hydrogen-bond acceptors (Lipinski definition) is 4. The Balaban J connectivity index is 1.31. The highest BCUT2D eigenvalue weighted by molar-refractivity contribution is 6.30. The van der Waals surface area contributed by atoms with E-state index in [0.29, 0.717) is 23.4 Å². The van der Waals surface area contributed by atoms with Gasteiger partial charge in [0, 0.05) is 16.8 Å². The molecular formula is C22H20ClN3O2. The Kier molecular flexibility index (Phi) is 5.44. The van der Waals surface area contributed by atoms with Gasteiger partial charge in [0.25, 0.3) is 5.91 Å². The second-order valence-corrected chi connectivity index (χ2v) is 7.18. The average molecular weight is 394 g/mol. The quantitative estimate of drug-likeness (QED) is 0.596. The zero-order valence-corrected chi connectivity index (χ0v) is 15.9. The number of hydrogen-bond donors (Lipinski definition) is 2. The molecule has 142 valence electrons. The van der Waals surface area contributed by atoms with Gasteiger partial charge >= 0.3 is 0 Å². The third kappa shape index (κ3) is 5.02. The number of anilines is 2. The van der Waals surface area contributed by atoms with Crippen LogP contribution in [0.1, 0.15) is 28.9 Å². The van der Waals surface area contributed by atoms with Crippen molar-refractivity contribution < 1.29 is 9.53 Å². The molecule has 1 heterocycles. The van der Waals surface area contributed by atoms with Gasteiger partial charge in [-0.05, 0) is 66.9 Å². The molecule has 1 aliphatic rings. The summed E-state index contributed by atoms with van der Waals surface area (Å²) in [6, 6.07) is 19.2. The van der Waals surface area contributed by atoms with Crippen LogP contribution in [0.2, 0.25) is 5.02 Å². The lowest BCUT2D eigenvalue weighted by Gasteiger charge is -2.10. The summed E-state index contributed by atoms with van der Waals surface area (Å²) in [6.07, 6.45) is 3.78. The van der Waals surface area contributed by atoms with Gasteiger partial charge < -0.3 is 15.4 Å². The van der Waals surface area contributed by atoms with Crippen LogP contribution < -0.4 is 15.4 Å². The molecule has 0 atom stereocenters. The van der Waals surface area contributed by atoms with Gasteiger partial charge in [-0.3, -0.25) is 4.79 Å². The van der Waals surface area contributed by atoms with Crippen LogP contribution in [0, 0.1) is 0 Å². The van der Waals surface area contributed by atoms with Crippen molar-refractivity contribution in [2.75, 3.05) is 5.32 Å². The van der Waals surface area contributed by atoms with Crippen LogP contribution in [-0.4, -0.2) is 16.9 Å². The minimum absolute atomic E-state index is 0.115. The van der Waals surface area contributed by atoms with Crippen LogP contribution in [0.3, 0.4) is 0 Å². The zero-order chi connectivity index (χ0) is 19.3. The summed E-state index contributed by atoms with van der Waals surface area (Å²) in [5, 5.41) is 6.91. The van der Waals surface area contributed by atoms with E-state index in [2.05, 4.69) is 15.6 Å². The molecular weight excluding hydrogens is 374 g/mol. The monoisotopic (exact) mass is 393 g/mol. The molecule has 28 heavy (non-hydrogen) atoms. The van der Waals surface area contributed by atoms with Crippen molar-refractivity contribution in [2.45, 2.75) is 25.5 Å². The molecule has 1 saturated carbocycles. The number of rotatable bonds is 7. The molecule has 2 aromatic carbocycles. The maximum atomic E-state index is 12.0. The molecule has 0 saturated heterocycles. The van der Waals surface area contributed by atoms with Gasteiger partial charge in [-0.2, -0.15) is 0 Å². The summed E-state index contributed by atoms with van der Waals surface area (Å²) in [4.78, 5) is 16.2. The minimum Gasteiger partial charge on any atom is -0.489 e. The molecule has 0 bridgehead atoms. The van der Waals surface area contributed by atoms with Crippen LogP contribution in [-0.2, 0) is 6.61 Å². The Labute approximate surface area is 168 Å². The van der Waals surface area contributed by atoms with Crippen molar-refractivity contribution in [2.24, 2.45) is 0 Å². The van der Waals surface area contributed by atoms with Crippen LogP contribution in [0.15, 0.2) is 66.9 Å². The molecule has 2 N–H and O–H groups in total. The van der Waals surface area contributed by atoms with Gasteiger partial charge in [0.2, 0.25) is 0 Å². The molecule has 1 aromatic heterocycles. The normalized spacial score (nSPS) is 13.0. The van der Waals surface area contributed by atoms with E-state index in [1.165, 1.54) is 0 Å². The Morgan fingerprint density at radius 2 is 1.71 bits per heavy atom. The van der Waals surface area contributed by atoms with Gasteiger partial charge in [0.1, 0.15) is 18.1 Å². The van der Waals surface area contributed by atoms with Crippen molar-refractivity contribution in [1.82, 2.24) is 10.3 Å². The van der Waals surface area contributed by atoms with Crippen LogP contribution in [0.4, 0.5) is 11.4 Å². The summed E-state index contributed by atoms with van der Waals surface area (Å²) in [5.74, 6) is 0.668. The van der Waals surface area contributed by atoms with Gasteiger partial charge in [0.05, 0.1) is 11.9 Å². The minimum atomic E-state index is -0.115. The Bertz CT molecular complexity index is 937. The molecule has 1 aliphatic carbocycles. The average Bonchev–Trinajstić information content (AvgIpc) is 3.53. The summed E-state index contributed by atoms with van der Waals surface area (Å²) in [5.41, 5.74) is 3.22. The molecule has 1 fully saturated rings. The summed E-state index contributed by atoms with van der Waals surface area (Å²) in [6.45, 7) is 0.484. The number of benzene rings is 2. The maximum absolute atomic E-state index is 12.0. The molecule has 1 amide bonds. The highest BCUT2D eigenvalue weighted by Gasteiger charge is 2.24. The van der Waals surface area contributed by atoms with Crippen LogP contribution in [0.5, 0.6) is 5.75 Å². The number of carbonyl (C=O) groups is 1. The van der Waals surface area contributed by atoms with E-state index in [4.69, 9.17) is 16.3 Å². The molecule has 5 nitrogen and oxygen atoms in total. The Hall–Kier alpha value is -3.05. The first-order chi connectivity index (χ1) is 13.7. The first-order valence-corrected chi connectivity index (χ1v) is 9.55. The van der Waals surface area contributed by atoms with E-state index in [9.17, 15) is 4.79 Å². The fourth-order valence-corrected chi connectivity index (χ4v) is 2.76. The maximum Gasteiger partial charge on any atom is 0.270 e. The third-order valence-electron chi connectivity index (χ3n) is 4.37. The summed E-state index contributed by atoms with van der Waals surface area (Å²) in [7, 11) is 0. The van der Waals surface area contributed by atoms with E-state index in [1.54, 1.807) is 12.3 Å². The predicted molar refractivity (Wildman–Crippen MR) is 110 cm³/mol. The van der Waals surface area contributed by atoms with Gasteiger partial charge in [-0.15, -0.1) is 0 Å². The Morgan fingerprint density at radius 3 is 2.36 bits per heavy atom. The number of aromatic nitrogens is 1. The Morgan fingerprint density at radius 1 is 1.00 bits per heavy atom. The second-order valence-electron chi connectivity index (χ2n) is 6.74. The summed E-state index contributed by atoms with van der Waals surface area (Å²) >= 11 is 5.89. The lowest BCUT2D eigenvalue weighted by molar-refractivity contribution is 0.0946. The molecule has 0 spiro atoms. The number of carbonyl (C=O) groups excluding carboxylic acids is 1. The van der Waals surface area contributed by atoms with Gasteiger partial charge in [-0.1, -0.05) is 23.7 Å². The van der Waals surface area contributed by atoms with E-state index in [1.807, 2.05) is 54.6 Å². The molecule has 4 rings (SSSR count). The van der Waals surface area contributed by atoms with Crippen molar-refractivity contribution in [3.63, 3.8) is 0 Å². The highest BCUT2D eigenvalue weighted by atomic mass is 35.5. The van der Waals surface area contributed by atoms with Crippen LogP contribution >= 0.6 is 11.6 Å². The van der Waals surface area contributed by atoms with E-state index >= 15 is 0 Å². The summed E-state index contributed by atoms with van der Waals surface area (Å²) < 4.78 is 5.79. The first-order valence-electron chi connectivity index (χ1n) is 9.17. The number of amides is 1.